The zero-order valence-electron chi connectivity index (χ0n) is 12.5. The van der Waals surface area contributed by atoms with Gasteiger partial charge in [-0.2, -0.15) is 0 Å². The van der Waals surface area contributed by atoms with Crippen molar-refractivity contribution in [1.29, 1.82) is 0 Å². The Balaban J connectivity index is 2.06. The van der Waals surface area contributed by atoms with Crippen LogP contribution in [0.25, 0.3) is 11.0 Å². The third-order valence-electron chi connectivity index (χ3n) is 4.04. The van der Waals surface area contributed by atoms with Crippen molar-refractivity contribution in [2.75, 3.05) is 0 Å². The fourth-order valence-electron chi connectivity index (χ4n) is 3.00. The Labute approximate surface area is 125 Å². The number of imidazole rings is 1. The van der Waals surface area contributed by atoms with E-state index in [0.717, 1.165) is 16.6 Å². The van der Waals surface area contributed by atoms with Gasteiger partial charge >= 0.3 is 0 Å². The van der Waals surface area contributed by atoms with E-state index in [0.29, 0.717) is 5.92 Å². The van der Waals surface area contributed by atoms with Gasteiger partial charge in [-0.15, -0.1) is 0 Å². The van der Waals surface area contributed by atoms with E-state index in [4.69, 9.17) is 5.73 Å². The van der Waals surface area contributed by atoms with E-state index < -0.39 is 0 Å². The fraction of sp³-hybridized carbons (Fsp3) is 0.278. The number of aromatic nitrogens is 2. The molecular formula is C18H21N3. The highest BCUT2D eigenvalue weighted by atomic mass is 15.1. The number of para-hydroxylation sites is 2. The summed E-state index contributed by atoms with van der Waals surface area (Å²) < 4.78 is 2.22. The van der Waals surface area contributed by atoms with Crippen molar-refractivity contribution in [3.8, 4) is 0 Å². The SMILES string of the molecule is CC(C)C(C(N)c1ccccc1)n1cnc2ccccc21. The second-order valence-corrected chi connectivity index (χ2v) is 5.81. The number of fused-ring (bicyclic) bond motifs is 1. The minimum atomic E-state index is -0.0520. The third kappa shape index (κ3) is 2.57. The zero-order valence-corrected chi connectivity index (χ0v) is 12.5. The fourth-order valence-corrected chi connectivity index (χ4v) is 3.00. The van der Waals surface area contributed by atoms with Gasteiger partial charge in [-0.05, 0) is 23.6 Å². The molecule has 21 heavy (non-hydrogen) atoms. The lowest BCUT2D eigenvalue weighted by atomic mass is 9.91. The molecule has 3 heteroatoms. The van der Waals surface area contributed by atoms with Crippen LogP contribution in [-0.4, -0.2) is 9.55 Å². The van der Waals surface area contributed by atoms with Crippen molar-refractivity contribution < 1.29 is 0 Å². The molecule has 0 aliphatic rings. The molecule has 0 fully saturated rings. The van der Waals surface area contributed by atoms with Gasteiger partial charge in [0.2, 0.25) is 0 Å². The second kappa shape index (κ2) is 5.70. The van der Waals surface area contributed by atoms with Gasteiger partial charge in [0.05, 0.1) is 29.4 Å². The van der Waals surface area contributed by atoms with E-state index in [1.165, 1.54) is 0 Å². The molecule has 108 valence electrons. The molecule has 0 spiro atoms. The monoisotopic (exact) mass is 279 g/mol. The first kappa shape index (κ1) is 13.8. The van der Waals surface area contributed by atoms with Crippen LogP contribution in [0.15, 0.2) is 60.9 Å². The van der Waals surface area contributed by atoms with Crippen LogP contribution >= 0.6 is 0 Å². The first-order chi connectivity index (χ1) is 10.2. The summed E-state index contributed by atoms with van der Waals surface area (Å²) in [4.78, 5) is 4.51. The molecule has 3 rings (SSSR count). The lowest BCUT2D eigenvalue weighted by molar-refractivity contribution is 0.325. The third-order valence-corrected chi connectivity index (χ3v) is 4.04. The number of rotatable bonds is 4. The van der Waals surface area contributed by atoms with Crippen LogP contribution in [0.3, 0.4) is 0 Å². The minimum absolute atomic E-state index is 0.0520. The van der Waals surface area contributed by atoms with Gasteiger partial charge in [0.15, 0.2) is 0 Å². The molecule has 0 saturated carbocycles. The molecule has 2 N–H and O–H groups in total. The molecule has 1 aromatic heterocycles. The lowest BCUT2D eigenvalue weighted by Gasteiger charge is -2.29. The molecule has 3 nitrogen and oxygen atoms in total. The summed E-state index contributed by atoms with van der Waals surface area (Å²) in [6.45, 7) is 4.42. The molecule has 2 unspecified atom stereocenters. The van der Waals surface area contributed by atoms with Gasteiger partial charge in [-0.1, -0.05) is 56.3 Å². The van der Waals surface area contributed by atoms with Crippen LogP contribution < -0.4 is 5.73 Å². The summed E-state index contributed by atoms with van der Waals surface area (Å²) in [7, 11) is 0. The Morgan fingerprint density at radius 1 is 0.952 bits per heavy atom. The average Bonchev–Trinajstić information content (AvgIpc) is 2.92. The molecule has 1 heterocycles. The predicted molar refractivity (Wildman–Crippen MR) is 87.0 cm³/mol. The molecule has 0 aliphatic carbocycles. The molecule has 0 saturated heterocycles. The van der Waals surface area contributed by atoms with E-state index in [9.17, 15) is 0 Å². The Hall–Kier alpha value is -2.13. The molecular weight excluding hydrogens is 258 g/mol. The lowest BCUT2D eigenvalue weighted by Crippen LogP contribution is -2.28. The molecule has 0 aliphatic heterocycles. The summed E-state index contributed by atoms with van der Waals surface area (Å²) in [6.07, 6.45) is 1.91. The highest BCUT2D eigenvalue weighted by Crippen LogP contribution is 2.33. The largest absolute Gasteiger partial charge is 0.325 e. The van der Waals surface area contributed by atoms with Crippen molar-refractivity contribution in [2.24, 2.45) is 11.7 Å². The maximum Gasteiger partial charge on any atom is 0.0961 e. The summed E-state index contributed by atoms with van der Waals surface area (Å²) >= 11 is 0. The first-order valence-electron chi connectivity index (χ1n) is 7.40. The quantitative estimate of drug-likeness (QED) is 0.786. The second-order valence-electron chi connectivity index (χ2n) is 5.81. The van der Waals surface area contributed by atoms with E-state index in [-0.39, 0.29) is 12.1 Å². The highest BCUT2D eigenvalue weighted by Gasteiger charge is 2.25. The number of benzene rings is 2. The van der Waals surface area contributed by atoms with Crippen molar-refractivity contribution in [3.05, 3.63) is 66.5 Å². The average molecular weight is 279 g/mol. The van der Waals surface area contributed by atoms with E-state index >= 15 is 0 Å². The van der Waals surface area contributed by atoms with Crippen molar-refractivity contribution >= 4 is 11.0 Å². The van der Waals surface area contributed by atoms with Crippen LogP contribution in [0.1, 0.15) is 31.5 Å². The Morgan fingerprint density at radius 2 is 1.62 bits per heavy atom. The van der Waals surface area contributed by atoms with Crippen molar-refractivity contribution in [2.45, 2.75) is 25.9 Å². The number of nitrogens with zero attached hydrogens (tertiary/aromatic N) is 2. The normalized spacial score (nSPS) is 14.5. The Bertz CT molecular complexity index is 715. The predicted octanol–water partition coefficient (Wildman–Crippen LogP) is 3.93. The van der Waals surface area contributed by atoms with Gasteiger partial charge in [0, 0.05) is 0 Å². The van der Waals surface area contributed by atoms with Gasteiger partial charge in [0.25, 0.3) is 0 Å². The van der Waals surface area contributed by atoms with Gasteiger partial charge in [0.1, 0.15) is 0 Å². The summed E-state index contributed by atoms with van der Waals surface area (Å²) in [6, 6.07) is 18.6. The highest BCUT2D eigenvalue weighted by molar-refractivity contribution is 5.75. The smallest absolute Gasteiger partial charge is 0.0961 e. The topological polar surface area (TPSA) is 43.8 Å². The standard InChI is InChI=1S/C18H21N3/c1-13(2)18(17(19)14-8-4-3-5-9-14)21-12-20-15-10-6-7-11-16(15)21/h3-13,17-18H,19H2,1-2H3. The van der Waals surface area contributed by atoms with E-state index in [1.807, 2.05) is 42.7 Å². The molecule has 2 atom stereocenters. The van der Waals surface area contributed by atoms with Crippen LogP contribution in [0.5, 0.6) is 0 Å². The van der Waals surface area contributed by atoms with Crippen LogP contribution in [0.2, 0.25) is 0 Å². The summed E-state index contributed by atoms with van der Waals surface area (Å²) in [5.74, 6) is 0.415. The van der Waals surface area contributed by atoms with Crippen LogP contribution in [0, 0.1) is 5.92 Å². The molecule has 0 bridgehead atoms. The zero-order chi connectivity index (χ0) is 14.8. The van der Waals surface area contributed by atoms with Gasteiger partial charge < -0.3 is 10.3 Å². The Morgan fingerprint density at radius 3 is 2.33 bits per heavy atom. The summed E-state index contributed by atoms with van der Waals surface area (Å²) in [5.41, 5.74) is 9.89. The van der Waals surface area contributed by atoms with E-state index in [1.54, 1.807) is 0 Å². The molecule has 3 aromatic rings. The van der Waals surface area contributed by atoms with E-state index in [2.05, 4.69) is 41.6 Å². The van der Waals surface area contributed by atoms with Crippen LogP contribution in [0.4, 0.5) is 0 Å². The Kier molecular flexibility index (Phi) is 3.76. The van der Waals surface area contributed by atoms with Gasteiger partial charge in [-0.25, -0.2) is 4.98 Å². The number of nitrogens with two attached hydrogens (primary N) is 1. The molecule has 0 radical (unpaired) electrons. The maximum atomic E-state index is 6.57. The molecule has 2 aromatic carbocycles. The van der Waals surface area contributed by atoms with Crippen LogP contribution in [-0.2, 0) is 0 Å². The summed E-state index contributed by atoms with van der Waals surface area (Å²) in [5, 5.41) is 0. The number of hydrogen-bond donors (Lipinski definition) is 1. The number of hydrogen-bond acceptors (Lipinski definition) is 2. The maximum absolute atomic E-state index is 6.57. The first-order valence-corrected chi connectivity index (χ1v) is 7.40. The minimum Gasteiger partial charge on any atom is -0.325 e. The van der Waals surface area contributed by atoms with Gasteiger partial charge in [-0.3, -0.25) is 0 Å². The molecule has 0 amide bonds. The van der Waals surface area contributed by atoms with Crippen molar-refractivity contribution in [1.82, 2.24) is 9.55 Å². The van der Waals surface area contributed by atoms with Crippen molar-refractivity contribution in [3.63, 3.8) is 0 Å².